The molecule has 1 aliphatic heterocycles. The SMILES string of the molecule is COc1ccc2c(c1)NC(O)C(CCCCCC13CCC(C1)C3)=N2. The molecule has 1 aromatic carbocycles. The number of aliphatic imine (C=N–C) groups is 1. The quantitative estimate of drug-likeness (QED) is 0.716. The van der Waals surface area contributed by atoms with Gasteiger partial charge in [0, 0.05) is 6.07 Å². The fraction of sp³-hybridized carbons (Fsp3) is 0.650. The summed E-state index contributed by atoms with van der Waals surface area (Å²) in [6.07, 6.45) is 11.3. The van der Waals surface area contributed by atoms with E-state index >= 15 is 0 Å². The second-order valence-electron chi connectivity index (χ2n) is 7.91. The van der Waals surface area contributed by atoms with E-state index in [2.05, 4.69) is 10.3 Å². The standard InChI is InChI=1S/C20H28N2O2/c1-24-15-6-7-16-18(11-15)22-19(23)17(21-16)5-3-2-4-9-20-10-8-14(12-20)13-20/h6-7,11,14,19,22-23H,2-5,8-10,12-13H2,1H3. The minimum Gasteiger partial charge on any atom is -0.497 e. The lowest BCUT2D eigenvalue weighted by atomic mass is 9.67. The van der Waals surface area contributed by atoms with E-state index in [4.69, 9.17) is 4.74 Å². The molecule has 1 unspecified atom stereocenters. The predicted molar refractivity (Wildman–Crippen MR) is 97.2 cm³/mol. The third-order valence-corrected chi connectivity index (χ3v) is 6.24. The van der Waals surface area contributed by atoms with Crippen molar-refractivity contribution in [3.63, 3.8) is 0 Å². The monoisotopic (exact) mass is 328 g/mol. The molecule has 3 saturated carbocycles. The van der Waals surface area contributed by atoms with Crippen LogP contribution < -0.4 is 10.1 Å². The van der Waals surface area contributed by atoms with Gasteiger partial charge in [0.15, 0.2) is 6.23 Å². The Morgan fingerprint density at radius 1 is 1.29 bits per heavy atom. The van der Waals surface area contributed by atoms with Crippen LogP contribution in [0.5, 0.6) is 5.75 Å². The van der Waals surface area contributed by atoms with Crippen molar-refractivity contribution in [3.05, 3.63) is 18.2 Å². The molecule has 0 spiro atoms. The molecule has 0 saturated heterocycles. The highest BCUT2D eigenvalue weighted by Gasteiger charge is 2.49. The van der Waals surface area contributed by atoms with Crippen LogP contribution in [0, 0.1) is 11.3 Å². The van der Waals surface area contributed by atoms with Crippen LogP contribution in [0.2, 0.25) is 0 Å². The van der Waals surface area contributed by atoms with Crippen molar-refractivity contribution in [2.75, 3.05) is 12.4 Å². The van der Waals surface area contributed by atoms with Crippen LogP contribution in [0.4, 0.5) is 11.4 Å². The number of methoxy groups -OCH3 is 1. The molecule has 130 valence electrons. The number of ether oxygens (including phenoxy) is 1. The first kappa shape index (κ1) is 15.9. The zero-order valence-corrected chi connectivity index (χ0v) is 14.6. The van der Waals surface area contributed by atoms with Crippen molar-refractivity contribution in [2.24, 2.45) is 16.3 Å². The normalized spacial score (nSPS) is 30.2. The van der Waals surface area contributed by atoms with Gasteiger partial charge in [0.1, 0.15) is 5.75 Å². The van der Waals surface area contributed by atoms with E-state index in [0.29, 0.717) is 0 Å². The van der Waals surface area contributed by atoms with Crippen LogP contribution in [-0.4, -0.2) is 24.2 Å². The molecular formula is C20H28N2O2. The molecule has 3 fully saturated rings. The summed E-state index contributed by atoms with van der Waals surface area (Å²) in [6, 6.07) is 5.73. The van der Waals surface area contributed by atoms with Gasteiger partial charge in [-0.2, -0.15) is 0 Å². The van der Waals surface area contributed by atoms with E-state index in [9.17, 15) is 5.11 Å². The van der Waals surface area contributed by atoms with Gasteiger partial charge < -0.3 is 15.2 Å². The van der Waals surface area contributed by atoms with Gasteiger partial charge in [0.2, 0.25) is 0 Å². The number of hydrogen-bond acceptors (Lipinski definition) is 4. The number of unbranched alkanes of at least 4 members (excludes halogenated alkanes) is 2. The van der Waals surface area contributed by atoms with E-state index in [1.165, 1.54) is 44.9 Å². The average Bonchev–Trinajstić information content (AvgIpc) is 3.15. The van der Waals surface area contributed by atoms with Crippen molar-refractivity contribution in [2.45, 2.75) is 64.0 Å². The first-order valence-electron chi connectivity index (χ1n) is 9.38. The number of aliphatic hydroxyl groups excluding tert-OH is 1. The summed E-state index contributed by atoms with van der Waals surface area (Å²) in [7, 11) is 1.64. The van der Waals surface area contributed by atoms with Gasteiger partial charge in [0.25, 0.3) is 0 Å². The van der Waals surface area contributed by atoms with Gasteiger partial charge in [-0.05, 0) is 68.4 Å². The highest BCUT2D eigenvalue weighted by atomic mass is 16.5. The summed E-state index contributed by atoms with van der Waals surface area (Å²) in [5.74, 6) is 1.85. The molecular weight excluding hydrogens is 300 g/mol. The van der Waals surface area contributed by atoms with Crippen LogP contribution in [0.15, 0.2) is 23.2 Å². The van der Waals surface area contributed by atoms with Gasteiger partial charge in [-0.15, -0.1) is 0 Å². The van der Waals surface area contributed by atoms with Crippen LogP contribution in [0.25, 0.3) is 0 Å². The molecule has 1 aromatic rings. The minimum absolute atomic E-state index is 0.676. The molecule has 2 N–H and O–H groups in total. The maximum atomic E-state index is 10.3. The number of benzene rings is 1. The maximum absolute atomic E-state index is 10.3. The zero-order chi connectivity index (χ0) is 16.6. The fourth-order valence-electron chi connectivity index (χ4n) is 4.89. The van der Waals surface area contributed by atoms with Gasteiger partial charge in [0.05, 0.1) is 24.2 Å². The Morgan fingerprint density at radius 2 is 2.17 bits per heavy atom. The third-order valence-electron chi connectivity index (χ3n) is 6.24. The molecule has 5 rings (SSSR count). The molecule has 0 aromatic heterocycles. The number of aliphatic hydroxyl groups is 1. The fourth-order valence-corrected chi connectivity index (χ4v) is 4.89. The molecule has 4 nitrogen and oxygen atoms in total. The molecule has 0 amide bonds. The van der Waals surface area contributed by atoms with Gasteiger partial charge >= 0.3 is 0 Å². The van der Waals surface area contributed by atoms with E-state index < -0.39 is 6.23 Å². The molecule has 3 aliphatic carbocycles. The van der Waals surface area contributed by atoms with Gasteiger partial charge in [-0.3, -0.25) is 4.99 Å². The number of nitrogens with zero attached hydrogens (tertiary/aromatic N) is 1. The Labute approximate surface area is 144 Å². The van der Waals surface area contributed by atoms with Crippen molar-refractivity contribution in [3.8, 4) is 5.75 Å². The molecule has 4 heteroatoms. The first-order valence-corrected chi connectivity index (χ1v) is 9.38. The summed E-state index contributed by atoms with van der Waals surface area (Å²) < 4.78 is 5.22. The zero-order valence-electron chi connectivity index (χ0n) is 14.6. The van der Waals surface area contributed by atoms with Crippen molar-refractivity contribution >= 4 is 17.1 Å². The summed E-state index contributed by atoms with van der Waals surface area (Å²) >= 11 is 0. The summed E-state index contributed by atoms with van der Waals surface area (Å²) in [5, 5.41) is 13.4. The van der Waals surface area contributed by atoms with E-state index in [0.717, 1.165) is 47.0 Å². The molecule has 1 atom stereocenters. The molecule has 4 aliphatic rings. The minimum atomic E-state index is -0.676. The summed E-state index contributed by atoms with van der Waals surface area (Å²) in [6.45, 7) is 0. The van der Waals surface area contributed by atoms with Crippen LogP contribution in [-0.2, 0) is 0 Å². The molecule has 2 bridgehead atoms. The van der Waals surface area contributed by atoms with Crippen LogP contribution in [0.1, 0.15) is 57.8 Å². The number of hydrogen-bond donors (Lipinski definition) is 2. The molecule has 0 radical (unpaired) electrons. The van der Waals surface area contributed by atoms with Crippen molar-refractivity contribution in [1.82, 2.24) is 0 Å². The van der Waals surface area contributed by atoms with Crippen molar-refractivity contribution < 1.29 is 9.84 Å². The van der Waals surface area contributed by atoms with E-state index in [-0.39, 0.29) is 0 Å². The largest absolute Gasteiger partial charge is 0.497 e. The number of nitrogens with one attached hydrogen (secondary N) is 1. The topological polar surface area (TPSA) is 53.8 Å². The van der Waals surface area contributed by atoms with Gasteiger partial charge in [-0.25, -0.2) is 0 Å². The van der Waals surface area contributed by atoms with Gasteiger partial charge in [-0.1, -0.05) is 12.8 Å². The maximum Gasteiger partial charge on any atom is 0.164 e. The smallest absolute Gasteiger partial charge is 0.164 e. The Bertz CT molecular complexity index is 629. The third kappa shape index (κ3) is 3.04. The number of fused-ring (bicyclic) bond motifs is 2. The lowest BCUT2D eigenvalue weighted by molar-refractivity contribution is 0.127. The van der Waals surface area contributed by atoms with Crippen LogP contribution in [0.3, 0.4) is 0 Å². The lowest BCUT2D eigenvalue weighted by Crippen LogP contribution is -2.31. The summed E-state index contributed by atoms with van der Waals surface area (Å²) in [4.78, 5) is 4.65. The first-order chi connectivity index (χ1) is 11.7. The van der Waals surface area contributed by atoms with Crippen molar-refractivity contribution in [1.29, 1.82) is 0 Å². The molecule has 24 heavy (non-hydrogen) atoms. The number of rotatable bonds is 7. The second-order valence-corrected chi connectivity index (χ2v) is 7.91. The highest BCUT2D eigenvalue weighted by Crippen LogP contribution is 2.61. The summed E-state index contributed by atoms with van der Waals surface area (Å²) in [5.41, 5.74) is 3.33. The predicted octanol–water partition coefficient (Wildman–Crippen LogP) is 4.65. The highest BCUT2D eigenvalue weighted by molar-refractivity contribution is 5.97. The Kier molecular flexibility index (Phi) is 4.25. The lowest BCUT2D eigenvalue weighted by Gasteiger charge is -2.38. The van der Waals surface area contributed by atoms with E-state index in [1.54, 1.807) is 7.11 Å². The second kappa shape index (κ2) is 6.40. The molecule has 1 heterocycles. The number of anilines is 1. The Hall–Kier alpha value is -1.55. The Balaban J connectivity index is 1.27. The van der Waals surface area contributed by atoms with Crippen LogP contribution >= 0.6 is 0 Å². The average molecular weight is 328 g/mol. The van der Waals surface area contributed by atoms with E-state index in [1.807, 2.05) is 18.2 Å². The Morgan fingerprint density at radius 3 is 2.92 bits per heavy atom.